The van der Waals surface area contributed by atoms with Gasteiger partial charge in [0.15, 0.2) is 0 Å². The average Bonchev–Trinajstić information content (AvgIpc) is 2.46. The summed E-state index contributed by atoms with van der Waals surface area (Å²) in [5.74, 6) is 0. The van der Waals surface area contributed by atoms with Gasteiger partial charge in [-0.1, -0.05) is 0 Å². The predicted molar refractivity (Wildman–Crippen MR) is 59.6 cm³/mol. The van der Waals surface area contributed by atoms with Crippen molar-refractivity contribution in [2.45, 2.75) is 26.4 Å². The van der Waals surface area contributed by atoms with Crippen LogP contribution in [0.3, 0.4) is 0 Å². The first-order valence-corrected chi connectivity index (χ1v) is 5.43. The molecule has 2 rings (SSSR count). The third-order valence-electron chi connectivity index (χ3n) is 2.30. The fourth-order valence-electron chi connectivity index (χ4n) is 1.37. The van der Waals surface area contributed by atoms with Crippen molar-refractivity contribution in [3.05, 3.63) is 28.8 Å². The predicted octanol–water partition coefficient (Wildman–Crippen LogP) is 2.83. The summed E-state index contributed by atoms with van der Waals surface area (Å²) < 4.78 is 1.14. The summed E-state index contributed by atoms with van der Waals surface area (Å²) in [4.78, 5) is 4.36. The standard InChI is InChI=1S/C11H13NOS/c1-7-6-14-9-4-8(11(2,3)13)5-12-10(7)9/h4-6,13H,1-3H3. The molecule has 2 aromatic rings. The smallest absolute Gasteiger partial charge is 0.0855 e. The molecule has 0 amide bonds. The van der Waals surface area contributed by atoms with Gasteiger partial charge in [-0.3, -0.25) is 4.98 Å². The number of hydrogen-bond acceptors (Lipinski definition) is 3. The Bertz CT molecular complexity index is 468. The van der Waals surface area contributed by atoms with Crippen LogP contribution in [0.15, 0.2) is 17.6 Å². The summed E-state index contributed by atoms with van der Waals surface area (Å²) in [5, 5.41) is 11.9. The molecule has 0 fully saturated rings. The monoisotopic (exact) mass is 207 g/mol. The molecular weight excluding hydrogens is 194 g/mol. The zero-order valence-electron chi connectivity index (χ0n) is 8.53. The normalized spacial score (nSPS) is 12.3. The zero-order valence-corrected chi connectivity index (χ0v) is 9.35. The molecule has 3 heteroatoms. The fraction of sp³-hybridized carbons (Fsp3) is 0.364. The van der Waals surface area contributed by atoms with Gasteiger partial charge in [0.1, 0.15) is 0 Å². The van der Waals surface area contributed by atoms with E-state index in [-0.39, 0.29) is 0 Å². The fourth-order valence-corrected chi connectivity index (χ4v) is 2.31. The van der Waals surface area contributed by atoms with Crippen LogP contribution in [0.4, 0.5) is 0 Å². The van der Waals surface area contributed by atoms with E-state index in [1.54, 1.807) is 31.4 Å². The Balaban J connectivity index is 2.63. The molecule has 0 bridgehead atoms. The Kier molecular flexibility index (Phi) is 2.09. The number of fused-ring (bicyclic) bond motifs is 1. The minimum atomic E-state index is -0.806. The maximum absolute atomic E-state index is 9.82. The van der Waals surface area contributed by atoms with Crippen LogP contribution in [0.2, 0.25) is 0 Å². The average molecular weight is 207 g/mol. The van der Waals surface area contributed by atoms with Crippen molar-refractivity contribution in [3.8, 4) is 0 Å². The Labute approximate surface area is 87.2 Å². The molecule has 0 unspecified atom stereocenters. The molecule has 0 aliphatic heterocycles. The first kappa shape index (κ1) is 9.62. The van der Waals surface area contributed by atoms with Gasteiger partial charge in [0.05, 0.1) is 15.8 Å². The van der Waals surface area contributed by atoms with Crippen molar-refractivity contribution in [3.63, 3.8) is 0 Å². The van der Waals surface area contributed by atoms with Gasteiger partial charge in [-0.05, 0) is 37.8 Å². The molecule has 0 aliphatic carbocycles. The molecule has 0 spiro atoms. The van der Waals surface area contributed by atoms with Crippen LogP contribution < -0.4 is 0 Å². The number of hydrogen-bond donors (Lipinski definition) is 1. The van der Waals surface area contributed by atoms with Crippen LogP contribution >= 0.6 is 11.3 Å². The van der Waals surface area contributed by atoms with E-state index in [1.165, 1.54) is 5.56 Å². The number of aromatic nitrogens is 1. The lowest BCUT2D eigenvalue weighted by atomic mass is 10.0. The van der Waals surface area contributed by atoms with Crippen LogP contribution in [0.1, 0.15) is 25.0 Å². The van der Waals surface area contributed by atoms with E-state index in [2.05, 4.69) is 17.3 Å². The molecule has 0 radical (unpaired) electrons. The summed E-state index contributed by atoms with van der Waals surface area (Å²) in [6, 6.07) is 2.01. The van der Waals surface area contributed by atoms with Crippen molar-refractivity contribution < 1.29 is 5.11 Å². The van der Waals surface area contributed by atoms with Gasteiger partial charge in [0, 0.05) is 11.8 Å². The van der Waals surface area contributed by atoms with Crippen LogP contribution in [0, 0.1) is 6.92 Å². The molecule has 2 aromatic heterocycles. The van der Waals surface area contributed by atoms with Gasteiger partial charge in [-0.25, -0.2) is 0 Å². The number of pyridine rings is 1. The SMILES string of the molecule is Cc1csc2cc(C(C)(C)O)cnc12. The van der Waals surface area contributed by atoms with Gasteiger partial charge in [0.2, 0.25) is 0 Å². The number of aryl methyl sites for hydroxylation is 1. The Morgan fingerprint density at radius 3 is 2.79 bits per heavy atom. The van der Waals surface area contributed by atoms with Crippen molar-refractivity contribution >= 4 is 21.6 Å². The molecule has 2 nitrogen and oxygen atoms in total. The second-order valence-corrected chi connectivity index (χ2v) is 4.96. The minimum absolute atomic E-state index is 0.806. The second-order valence-electron chi connectivity index (χ2n) is 4.05. The van der Waals surface area contributed by atoms with Crippen LogP contribution in [0.5, 0.6) is 0 Å². The highest BCUT2D eigenvalue weighted by Gasteiger charge is 2.17. The molecule has 1 N–H and O–H groups in total. The number of aliphatic hydroxyl groups is 1. The molecule has 14 heavy (non-hydrogen) atoms. The van der Waals surface area contributed by atoms with Crippen molar-refractivity contribution in [1.82, 2.24) is 4.98 Å². The van der Waals surface area contributed by atoms with E-state index in [0.29, 0.717) is 0 Å². The Hall–Kier alpha value is -0.930. The second kappa shape index (κ2) is 3.04. The van der Waals surface area contributed by atoms with E-state index < -0.39 is 5.60 Å². The van der Waals surface area contributed by atoms with E-state index in [4.69, 9.17) is 0 Å². The summed E-state index contributed by atoms with van der Waals surface area (Å²) in [6.45, 7) is 5.60. The van der Waals surface area contributed by atoms with Crippen molar-refractivity contribution in [2.24, 2.45) is 0 Å². The first-order valence-electron chi connectivity index (χ1n) is 4.55. The Morgan fingerprint density at radius 2 is 2.14 bits per heavy atom. The molecule has 0 aromatic carbocycles. The van der Waals surface area contributed by atoms with E-state index in [9.17, 15) is 5.11 Å². The summed E-state index contributed by atoms with van der Waals surface area (Å²) in [6.07, 6.45) is 1.75. The van der Waals surface area contributed by atoms with Gasteiger partial charge < -0.3 is 5.11 Å². The Morgan fingerprint density at radius 1 is 1.43 bits per heavy atom. The molecular formula is C11H13NOS. The summed E-state index contributed by atoms with van der Waals surface area (Å²) in [5.41, 5.74) is 2.31. The quantitative estimate of drug-likeness (QED) is 0.780. The lowest BCUT2D eigenvalue weighted by Crippen LogP contribution is -2.15. The number of nitrogens with zero attached hydrogens (tertiary/aromatic N) is 1. The van der Waals surface area contributed by atoms with Crippen LogP contribution in [-0.4, -0.2) is 10.1 Å². The van der Waals surface area contributed by atoms with E-state index >= 15 is 0 Å². The number of rotatable bonds is 1. The molecule has 0 saturated heterocycles. The molecule has 2 heterocycles. The summed E-state index contributed by atoms with van der Waals surface area (Å²) >= 11 is 1.67. The maximum Gasteiger partial charge on any atom is 0.0855 e. The third-order valence-corrected chi connectivity index (χ3v) is 3.33. The van der Waals surface area contributed by atoms with E-state index in [0.717, 1.165) is 15.8 Å². The summed E-state index contributed by atoms with van der Waals surface area (Å²) in [7, 11) is 0. The van der Waals surface area contributed by atoms with Gasteiger partial charge in [-0.15, -0.1) is 11.3 Å². The van der Waals surface area contributed by atoms with Gasteiger partial charge in [-0.2, -0.15) is 0 Å². The molecule has 0 atom stereocenters. The van der Waals surface area contributed by atoms with Crippen LogP contribution in [0.25, 0.3) is 10.2 Å². The van der Waals surface area contributed by atoms with Crippen molar-refractivity contribution in [2.75, 3.05) is 0 Å². The highest BCUT2D eigenvalue weighted by atomic mass is 32.1. The molecule has 0 saturated carbocycles. The molecule has 74 valence electrons. The first-order chi connectivity index (χ1) is 6.48. The van der Waals surface area contributed by atoms with E-state index in [1.807, 2.05) is 6.07 Å². The lowest BCUT2D eigenvalue weighted by molar-refractivity contribution is 0.0784. The highest BCUT2D eigenvalue weighted by molar-refractivity contribution is 7.17. The lowest BCUT2D eigenvalue weighted by Gasteiger charge is -2.16. The van der Waals surface area contributed by atoms with Gasteiger partial charge in [0.25, 0.3) is 0 Å². The third kappa shape index (κ3) is 1.53. The topological polar surface area (TPSA) is 33.1 Å². The largest absolute Gasteiger partial charge is 0.386 e. The molecule has 0 aliphatic rings. The van der Waals surface area contributed by atoms with Crippen molar-refractivity contribution in [1.29, 1.82) is 0 Å². The van der Waals surface area contributed by atoms with Gasteiger partial charge >= 0.3 is 0 Å². The van der Waals surface area contributed by atoms with Crippen LogP contribution in [-0.2, 0) is 5.60 Å². The minimum Gasteiger partial charge on any atom is -0.386 e. The highest BCUT2D eigenvalue weighted by Crippen LogP contribution is 2.27. The zero-order chi connectivity index (χ0) is 10.3. The number of thiophene rings is 1. The maximum atomic E-state index is 9.82.